The lowest BCUT2D eigenvalue weighted by atomic mass is 10.0. The number of hydrogen-bond donors (Lipinski definition) is 1. The second kappa shape index (κ2) is 9.10. The van der Waals surface area contributed by atoms with Gasteiger partial charge in [0.25, 0.3) is 5.91 Å². The molecule has 0 aliphatic carbocycles. The fraction of sp³-hybridized carbons (Fsp3) is 0.280. The number of hydrogen-bond acceptors (Lipinski definition) is 7. The first kappa shape index (κ1) is 23.0. The quantitative estimate of drug-likeness (QED) is 0.441. The SMILES string of the molecule is COc1cccc(-c2cc(C(=O)NCc3cccnc3)c3c(C)nn(C4CCS(=O)(=O)C4)c3n2)c1. The molecule has 0 saturated carbocycles. The number of nitrogens with zero attached hydrogens (tertiary/aromatic N) is 4. The Morgan fingerprint density at radius 1 is 1.23 bits per heavy atom. The lowest BCUT2D eigenvalue weighted by Crippen LogP contribution is -2.23. The molecule has 10 heteroatoms. The van der Waals surface area contributed by atoms with Crippen molar-refractivity contribution in [3.8, 4) is 17.0 Å². The van der Waals surface area contributed by atoms with Crippen LogP contribution >= 0.6 is 0 Å². The summed E-state index contributed by atoms with van der Waals surface area (Å²) >= 11 is 0. The number of sulfone groups is 1. The van der Waals surface area contributed by atoms with Gasteiger partial charge in [0.05, 0.1) is 47.0 Å². The van der Waals surface area contributed by atoms with Crippen LogP contribution in [0.1, 0.15) is 34.1 Å². The summed E-state index contributed by atoms with van der Waals surface area (Å²) in [6.07, 6.45) is 3.85. The zero-order valence-electron chi connectivity index (χ0n) is 19.4. The molecule has 1 aliphatic rings. The molecule has 1 amide bonds. The minimum atomic E-state index is -3.13. The average Bonchev–Trinajstić information content (AvgIpc) is 3.41. The number of amides is 1. The largest absolute Gasteiger partial charge is 0.497 e. The number of rotatable bonds is 6. The molecule has 4 aromatic rings. The van der Waals surface area contributed by atoms with Gasteiger partial charge in [0.15, 0.2) is 15.5 Å². The highest BCUT2D eigenvalue weighted by atomic mass is 32.2. The molecule has 5 rings (SSSR count). The summed E-state index contributed by atoms with van der Waals surface area (Å²) < 4.78 is 31.4. The summed E-state index contributed by atoms with van der Waals surface area (Å²) in [4.78, 5) is 22.4. The van der Waals surface area contributed by atoms with E-state index in [0.29, 0.717) is 46.7 Å². The third-order valence-electron chi connectivity index (χ3n) is 6.18. The summed E-state index contributed by atoms with van der Waals surface area (Å²) in [7, 11) is -1.54. The fourth-order valence-corrected chi connectivity index (χ4v) is 6.12. The molecular weight excluding hydrogens is 466 g/mol. The molecule has 180 valence electrons. The molecule has 9 nitrogen and oxygen atoms in total. The van der Waals surface area contributed by atoms with E-state index < -0.39 is 9.84 Å². The first-order valence-electron chi connectivity index (χ1n) is 11.3. The van der Waals surface area contributed by atoms with Crippen LogP contribution < -0.4 is 10.1 Å². The molecule has 3 aromatic heterocycles. The summed E-state index contributed by atoms with van der Waals surface area (Å²) in [5.74, 6) is 0.522. The zero-order valence-corrected chi connectivity index (χ0v) is 20.2. The maximum Gasteiger partial charge on any atom is 0.252 e. The molecule has 0 spiro atoms. The molecule has 1 atom stereocenters. The molecule has 1 N–H and O–H groups in total. The molecule has 1 saturated heterocycles. The molecule has 35 heavy (non-hydrogen) atoms. The van der Waals surface area contributed by atoms with E-state index in [0.717, 1.165) is 11.1 Å². The highest BCUT2D eigenvalue weighted by Crippen LogP contribution is 2.32. The van der Waals surface area contributed by atoms with Crippen molar-refractivity contribution >= 4 is 26.8 Å². The number of aromatic nitrogens is 4. The average molecular weight is 492 g/mol. The highest BCUT2D eigenvalue weighted by Gasteiger charge is 2.32. The minimum absolute atomic E-state index is 0.0107. The summed E-state index contributed by atoms with van der Waals surface area (Å²) in [6.45, 7) is 2.13. The van der Waals surface area contributed by atoms with Crippen molar-refractivity contribution in [2.45, 2.75) is 25.9 Å². The second-order valence-corrected chi connectivity index (χ2v) is 10.8. The van der Waals surface area contributed by atoms with Crippen LogP contribution in [0.4, 0.5) is 0 Å². The van der Waals surface area contributed by atoms with Crippen LogP contribution in [0, 0.1) is 6.92 Å². The molecule has 1 fully saturated rings. The Morgan fingerprint density at radius 3 is 2.80 bits per heavy atom. The van der Waals surface area contributed by atoms with Crippen molar-refractivity contribution in [1.29, 1.82) is 0 Å². The van der Waals surface area contributed by atoms with Gasteiger partial charge >= 0.3 is 0 Å². The van der Waals surface area contributed by atoms with Gasteiger partial charge in [-0.25, -0.2) is 18.1 Å². The standard InChI is InChI=1S/C25H25N5O4S/c1-16-23-21(25(31)27-14-17-5-4-9-26-13-17)12-22(18-6-3-7-20(11-18)34-2)28-24(23)30(29-16)19-8-10-35(32,33)15-19/h3-7,9,11-13,19H,8,10,14-15H2,1-2H3,(H,27,31). The number of carbonyl (C=O) groups is 1. The Hall–Kier alpha value is -3.79. The van der Waals surface area contributed by atoms with Crippen molar-refractivity contribution in [3.63, 3.8) is 0 Å². The number of methoxy groups -OCH3 is 1. The van der Waals surface area contributed by atoms with Gasteiger partial charge in [-0.2, -0.15) is 5.10 Å². The molecule has 1 unspecified atom stereocenters. The van der Waals surface area contributed by atoms with Crippen molar-refractivity contribution < 1.29 is 17.9 Å². The van der Waals surface area contributed by atoms with E-state index >= 15 is 0 Å². The number of nitrogens with one attached hydrogen (secondary N) is 1. The zero-order chi connectivity index (χ0) is 24.6. The van der Waals surface area contributed by atoms with Gasteiger partial charge in [0, 0.05) is 24.5 Å². The Kier molecular flexibility index (Phi) is 5.98. The first-order valence-corrected chi connectivity index (χ1v) is 13.1. The predicted octanol–water partition coefficient (Wildman–Crippen LogP) is 3.10. The number of aryl methyl sites for hydroxylation is 1. The number of benzene rings is 1. The van der Waals surface area contributed by atoms with Gasteiger partial charge in [-0.3, -0.25) is 9.78 Å². The summed E-state index contributed by atoms with van der Waals surface area (Å²) in [6, 6.07) is 12.6. The van der Waals surface area contributed by atoms with E-state index in [4.69, 9.17) is 9.72 Å². The van der Waals surface area contributed by atoms with Crippen LogP contribution in [-0.4, -0.2) is 52.7 Å². The molecule has 1 aromatic carbocycles. The maximum absolute atomic E-state index is 13.4. The van der Waals surface area contributed by atoms with E-state index in [1.165, 1.54) is 0 Å². The van der Waals surface area contributed by atoms with Crippen molar-refractivity contribution in [1.82, 2.24) is 25.1 Å². The van der Waals surface area contributed by atoms with Crippen LogP contribution in [0.15, 0.2) is 54.9 Å². The van der Waals surface area contributed by atoms with Crippen molar-refractivity contribution in [3.05, 3.63) is 71.7 Å². The third kappa shape index (κ3) is 4.61. The van der Waals surface area contributed by atoms with Crippen LogP contribution in [0.2, 0.25) is 0 Å². The van der Waals surface area contributed by atoms with Gasteiger partial charge in [-0.05, 0) is 43.2 Å². The monoisotopic (exact) mass is 491 g/mol. The van der Waals surface area contributed by atoms with Crippen LogP contribution in [0.25, 0.3) is 22.3 Å². The van der Waals surface area contributed by atoms with E-state index in [2.05, 4.69) is 15.4 Å². The first-order chi connectivity index (χ1) is 16.8. The Morgan fingerprint density at radius 2 is 2.09 bits per heavy atom. The third-order valence-corrected chi connectivity index (χ3v) is 7.93. The minimum Gasteiger partial charge on any atom is -0.497 e. The van der Waals surface area contributed by atoms with Crippen LogP contribution in [0.5, 0.6) is 5.75 Å². The van der Waals surface area contributed by atoms with E-state index in [-0.39, 0.29) is 23.5 Å². The normalized spacial score (nSPS) is 16.9. The van der Waals surface area contributed by atoms with Crippen molar-refractivity contribution in [2.24, 2.45) is 0 Å². The van der Waals surface area contributed by atoms with Gasteiger partial charge in [-0.1, -0.05) is 18.2 Å². The maximum atomic E-state index is 13.4. The Labute approximate surface area is 203 Å². The van der Waals surface area contributed by atoms with E-state index in [1.54, 1.807) is 30.3 Å². The lowest BCUT2D eigenvalue weighted by molar-refractivity contribution is 0.0952. The van der Waals surface area contributed by atoms with Crippen molar-refractivity contribution in [2.75, 3.05) is 18.6 Å². The van der Waals surface area contributed by atoms with Gasteiger partial charge in [0.2, 0.25) is 0 Å². The molecule has 0 radical (unpaired) electrons. The van der Waals surface area contributed by atoms with Gasteiger partial charge in [0.1, 0.15) is 5.75 Å². The van der Waals surface area contributed by atoms with Crippen LogP contribution in [-0.2, 0) is 16.4 Å². The number of ether oxygens (including phenoxy) is 1. The van der Waals surface area contributed by atoms with Gasteiger partial charge < -0.3 is 10.1 Å². The molecule has 0 bridgehead atoms. The molecular formula is C25H25N5O4S. The van der Waals surface area contributed by atoms with Crippen LogP contribution in [0.3, 0.4) is 0 Å². The lowest BCUT2D eigenvalue weighted by Gasteiger charge is -2.13. The number of pyridine rings is 2. The Bertz CT molecular complexity index is 1520. The number of carbonyl (C=O) groups excluding carboxylic acids is 1. The topological polar surface area (TPSA) is 116 Å². The molecule has 4 heterocycles. The summed E-state index contributed by atoms with van der Waals surface area (Å²) in [5.41, 5.74) is 3.78. The van der Waals surface area contributed by atoms with Gasteiger partial charge in [-0.15, -0.1) is 0 Å². The smallest absolute Gasteiger partial charge is 0.252 e. The second-order valence-electron chi connectivity index (χ2n) is 8.62. The van der Waals surface area contributed by atoms with E-state index in [9.17, 15) is 13.2 Å². The van der Waals surface area contributed by atoms with E-state index in [1.807, 2.05) is 43.3 Å². The molecule has 1 aliphatic heterocycles. The fourth-order valence-electron chi connectivity index (χ4n) is 4.43. The summed E-state index contributed by atoms with van der Waals surface area (Å²) in [5, 5.41) is 8.22. The predicted molar refractivity (Wildman–Crippen MR) is 132 cm³/mol. The highest BCUT2D eigenvalue weighted by molar-refractivity contribution is 7.91. The number of fused-ring (bicyclic) bond motifs is 1. The Balaban J connectivity index is 1.63.